The normalized spacial score (nSPS) is 16.0. The highest BCUT2D eigenvalue weighted by molar-refractivity contribution is 7.99. The van der Waals surface area contributed by atoms with Crippen molar-refractivity contribution in [2.75, 3.05) is 10.7 Å². The third-order valence-corrected chi connectivity index (χ3v) is 7.00. The first-order valence-electron chi connectivity index (χ1n) is 12.9. The number of hydrogen-bond acceptors (Lipinski definition) is 6. The molecule has 0 bridgehead atoms. The fraction of sp³-hybridized carbons (Fsp3) is 0.464. The summed E-state index contributed by atoms with van der Waals surface area (Å²) in [7, 11) is 0. The maximum atomic E-state index is 13.7. The number of unbranched alkanes of at least 4 members (excludes halogenated alkanes) is 1. The number of alkyl halides is 6. The van der Waals surface area contributed by atoms with Crippen molar-refractivity contribution in [1.29, 1.82) is 0 Å². The van der Waals surface area contributed by atoms with Gasteiger partial charge in [-0.05, 0) is 63.4 Å². The summed E-state index contributed by atoms with van der Waals surface area (Å²) in [5.74, 6) is -1.30. The van der Waals surface area contributed by atoms with Crippen molar-refractivity contribution in [3.05, 3.63) is 53.6 Å². The van der Waals surface area contributed by atoms with Gasteiger partial charge < -0.3 is 19.7 Å². The zero-order valence-corrected chi connectivity index (χ0v) is 23.8. The zero-order valence-electron chi connectivity index (χ0n) is 23.0. The van der Waals surface area contributed by atoms with E-state index in [0.717, 1.165) is 12.1 Å². The Hall–Kier alpha value is -3.42. The largest absolute Gasteiger partial charge is 0.573 e. The number of ketones is 1. The predicted octanol–water partition coefficient (Wildman–Crippen LogP) is 7.42. The fourth-order valence-corrected chi connectivity index (χ4v) is 5.08. The Morgan fingerprint density at radius 1 is 1.00 bits per heavy atom. The lowest BCUT2D eigenvalue weighted by atomic mass is 10.0. The first kappa shape index (κ1) is 33.1. The smallest absolute Gasteiger partial charge is 0.444 e. The summed E-state index contributed by atoms with van der Waals surface area (Å²) in [4.78, 5) is 40.9. The lowest BCUT2D eigenvalue weighted by Gasteiger charge is -2.27. The van der Waals surface area contributed by atoms with E-state index in [9.17, 15) is 40.7 Å². The Bertz CT molecular complexity index is 1280. The van der Waals surface area contributed by atoms with Crippen LogP contribution in [0.5, 0.6) is 5.75 Å². The van der Waals surface area contributed by atoms with Gasteiger partial charge in [-0.25, -0.2) is 4.79 Å². The number of benzene rings is 2. The van der Waals surface area contributed by atoms with Crippen molar-refractivity contribution < 1.29 is 50.2 Å². The minimum absolute atomic E-state index is 0.0288. The van der Waals surface area contributed by atoms with Crippen LogP contribution in [0.3, 0.4) is 0 Å². The van der Waals surface area contributed by atoms with Gasteiger partial charge in [0.2, 0.25) is 0 Å². The highest BCUT2D eigenvalue weighted by Crippen LogP contribution is 2.37. The third-order valence-electron chi connectivity index (χ3n) is 5.84. The van der Waals surface area contributed by atoms with Gasteiger partial charge in [0.25, 0.3) is 5.91 Å². The van der Waals surface area contributed by atoms with Crippen molar-refractivity contribution in [3.63, 3.8) is 0 Å². The van der Waals surface area contributed by atoms with Crippen LogP contribution in [0.15, 0.2) is 47.4 Å². The Balaban J connectivity index is 1.88. The minimum atomic E-state index is -4.88. The number of rotatable bonds is 9. The number of anilines is 1. The average Bonchev–Trinajstić information content (AvgIpc) is 2.97. The van der Waals surface area contributed by atoms with E-state index in [1.165, 1.54) is 40.9 Å². The second-order valence-corrected chi connectivity index (χ2v) is 11.6. The predicted molar refractivity (Wildman–Crippen MR) is 143 cm³/mol. The molecule has 0 saturated heterocycles. The van der Waals surface area contributed by atoms with Crippen LogP contribution < -0.4 is 15.0 Å². The van der Waals surface area contributed by atoms with Crippen LogP contribution in [0.1, 0.15) is 62.4 Å². The number of alkyl carbamates (subject to hydrolysis) is 1. The maximum absolute atomic E-state index is 13.7. The number of hydrogen-bond donors (Lipinski definition) is 1. The van der Waals surface area contributed by atoms with Crippen LogP contribution in [0.2, 0.25) is 0 Å². The topological polar surface area (TPSA) is 84.9 Å². The summed E-state index contributed by atoms with van der Waals surface area (Å²) in [5.41, 5.74) is 0.0981. The molecule has 1 heterocycles. The van der Waals surface area contributed by atoms with Gasteiger partial charge in [0.05, 0.1) is 12.2 Å². The summed E-state index contributed by atoms with van der Waals surface area (Å²) in [5, 5.41) is 2.56. The van der Waals surface area contributed by atoms with E-state index in [-0.39, 0.29) is 37.1 Å². The summed E-state index contributed by atoms with van der Waals surface area (Å²) < 4.78 is 84.3. The van der Waals surface area contributed by atoms with Gasteiger partial charge in [-0.15, -0.1) is 24.9 Å². The number of carbonyl (C=O) groups excluding carboxylic acids is 3. The van der Waals surface area contributed by atoms with Gasteiger partial charge in [0.1, 0.15) is 17.4 Å². The molecule has 0 saturated carbocycles. The SMILES string of the molecule is CC(C)(C)OC(=O)N[C@H]1CSc2ccc(C(=O)CCCCC(F)(F)F)cc2N(Cc2ccc(OC(F)(F)F)cc2)C1=O. The number of halogens is 6. The van der Waals surface area contributed by atoms with Gasteiger partial charge in [-0.1, -0.05) is 18.2 Å². The van der Waals surface area contributed by atoms with Crippen molar-refractivity contribution in [3.8, 4) is 5.75 Å². The van der Waals surface area contributed by atoms with Crippen molar-refractivity contribution in [2.45, 2.75) is 82.1 Å². The molecular formula is C28H30F6N2O5S. The Morgan fingerprint density at radius 3 is 2.26 bits per heavy atom. The van der Waals surface area contributed by atoms with Gasteiger partial charge in [-0.2, -0.15) is 13.2 Å². The van der Waals surface area contributed by atoms with E-state index in [1.54, 1.807) is 26.8 Å². The van der Waals surface area contributed by atoms with Crippen LogP contribution in [0.4, 0.5) is 36.8 Å². The monoisotopic (exact) mass is 620 g/mol. The number of amides is 2. The summed E-state index contributed by atoms with van der Waals surface area (Å²) in [6.07, 6.45) is -11.3. The quantitative estimate of drug-likeness (QED) is 0.178. The van der Waals surface area contributed by atoms with Crippen LogP contribution in [0, 0.1) is 0 Å². The van der Waals surface area contributed by atoms with Gasteiger partial charge in [0, 0.05) is 29.1 Å². The molecule has 0 radical (unpaired) electrons. The molecule has 0 fully saturated rings. The Kier molecular flexibility index (Phi) is 10.4. The molecular weight excluding hydrogens is 590 g/mol. The molecule has 0 unspecified atom stereocenters. The maximum Gasteiger partial charge on any atom is 0.573 e. The van der Waals surface area contributed by atoms with Crippen molar-refractivity contribution >= 4 is 35.2 Å². The highest BCUT2D eigenvalue weighted by Gasteiger charge is 2.34. The van der Waals surface area contributed by atoms with Crippen molar-refractivity contribution in [2.24, 2.45) is 0 Å². The van der Waals surface area contributed by atoms with E-state index >= 15 is 0 Å². The number of ether oxygens (including phenoxy) is 2. The lowest BCUT2D eigenvalue weighted by Crippen LogP contribution is -2.50. The summed E-state index contributed by atoms with van der Waals surface area (Å²) >= 11 is 1.24. The Labute approximate surface area is 242 Å². The zero-order chi connectivity index (χ0) is 31.3. The van der Waals surface area contributed by atoms with Gasteiger partial charge >= 0.3 is 18.6 Å². The van der Waals surface area contributed by atoms with E-state index < -0.39 is 54.1 Å². The first-order valence-corrected chi connectivity index (χ1v) is 13.9. The van der Waals surface area contributed by atoms with Crippen molar-refractivity contribution in [1.82, 2.24) is 5.32 Å². The van der Waals surface area contributed by atoms with Gasteiger partial charge in [0.15, 0.2) is 5.78 Å². The summed E-state index contributed by atoms with van der Waals surface area (Å²) in [6, 6.07) is 8.42. The number of nitrogens with one attached hydrogen (secondary N) is 1. The van der Waals surface area contributed by atoms with E-state index in [4.69, 9.17) is 4.74 Å². The molecule has 2 amide bonds. The van der Waals surface area contributed by atoms with Crippen LogP contribution >= 0.6 is 11.8 Å². The molecule has 230 valence electrons. The third kappa shape index (κ3) is 10.4. The number of Topliss-reactive ketones (excluding diaryl/α,β-unsaturated/α-hetero) is 1. The van der Waals surface area contributed by atoms with Crippen LogP contribution in [-0.2, 0) is 16.1 Å². The minimum Gasteiger partial charge on any atom is -0.444 e. The van der Waals surface area contributed by atoms with E-state index in [2.05, 4.69) is 10.1 Å². The molecule has 42 heavy (non-hydrogen) atoms. The molecule has 2 aromatic rings. The number of nitrogens with zero attached hydrogens (tertiary/aromatic N) is 1. The second-order valence-electron chi connectivity index (χ2n) is 10.6. The first-order chi connectivity index (χ1) is 19.4. The Morgan fingerprint density at radius 2 is 1.67 bits per heavy atom. The molecule has 1 aliphatic rings. The number of thioether (sulfide) groups is 1. The molecule has 7 nitrogen and oxygen atoms in total. The molecule has 14 heteroatoms. The lowest BCUT2D eigenvalue weighted by molar-refractivity contribution is -0.274. The fourth-order valence-electron chi connectivity index (χ4n) is 4.03. The second kappa shape index (κ2) is 13.3. The van der Waals surface area contributed by atoms with Crippen LogP contribution in [0.25, 0.3) is 0 Å². The van der Waals surface area contributed by atoms with Crippen LogP contribution in [-0.4, -0.2) is 47.7 Å². The highest BCUT2D eigenvalue weighted by atomic mass is 32.2. The molecule has 1 aliphatic heterocycles. The number of fused-ring (bicyclic) bond motifs is 1. The molecule has 3 rings (SSSR count). The molecule has 0 aromatic heterocycles. The standard InChI is InChI=1S/C28H30F6N2O5S/c1-26(2,3)41-25(39)35-20-16-42-23-12-9-18(22(37)6-4-5-13-27(29,30)31)14-21(23)36(24(20)38)15-17-7-10-19(11-8-17)40-28(32,33)34/h7-12,14,20H,4-6,13,15-16H2,1-3H3,(H,35,39)/t20-/m0/s1. The van der Waals surface area contributed by atoms with E-state index in [0.29, 0.717) is 16.1 Å². The van der Waals surface area contributed by atoms with Gasteiger partial charge in [-0.3, -0.25) is 9.59 Å². The average molecular weight is 621 g/mol. The van der Waals surface area contributed by atoms with E-state index in [1.807, 2.05) is 0 Å². The molecule has 0 spiro atoms. The summed E-state index contributed by atoms with van der Waals surface area (Å²) in [6.45, 7) is 4.85. The molecule has 1 atom stereocenters. The molecule has 1 N–H and O–H groups in total. The molecule has 2 aromatic carbocycles. The molecule has 0 aliphatic carbocycles. The number of carbonyl (C=O) groups is 3.